The van der Waals surface area contributed by atoms with Gasteiger partial charge in [0.05, 0.1) is 19.2 Å². The number of aromatic nitrogens is 1. The van der Waals surface area contributed by atoms with E-state index in [9.17, 15) is 4.79 Å². The Balaban J connectivity index is 1.31. The standard InChI is InChI=1S/C25H29N3O2S/c1-19-4-8-21(9-5-19)25-26-22(18-31-25)16-24(29)28-13-3-12-27(14-15-28)17-20-6-10-23(30-2)11-7-20/h4-11,18H,3,12-17H2,1-2H3. The van der Waals surface area contributed by atoms with E-state index >= 15 is 0 Å². The van der Waals surface area contributed by atoms with Crippen LogP contribution in [0.4, 0.5) is 0 Å². The minimum Gasteiger partial charge on any atom is -0.497 e. The minimum absolute atomic E-state index is 0.173. The molecule has 3 aromatic rings. The number of benzene rings is 2. The fraction of sp³-hybridized carbons (Fsp3) is 0.360. The first kappa shape index (κ1) is 21.5. The molecule has 31 heavy (non-hydrogen) atoms. The van der Waals surface area contributed by atoms with Gasteiger partial charge >= 0.3 is 0 Å². The molecular weight excluding hydrogens is 406 g/mol. The maximum Gasteiger partial charge on any atom is 0.228 e. The highest BCUT2D eigenvalue weighted by Crippen LogP contribution is 2.24. The van der Waals surface area contributed by atoms with Crippen LogP contribution >= 0.6 is 11.3 Å². The second-order valence-electron chi connectivity index (χ2n) is 8.05. The van der Waals surface area contributed by atoms with Crippen molar-refractivity contribution in [3.63, 3.8) is 0 Å². The van der Waals surface area contributed by atoms with Gasteiger partial charge in [0.25, 0.3) is 0 Å². The number of nitrogens with zero attached hydrogens (tertiary/aromatic N) is 3. The molecule has 0 atom stereocenters. The Hall–Kier alpha value is -2.70. The van der Waals surface area contributed by atoms with E-state index in [1.54, 1.807) is 18.4 Å². The van der Waals surface area contributed by atoms with Gasteiger partial charge in [-0.1, -0.05) is 42.0 Å². The molecule has 1 fully saturated rings. The molecule has 0 saturated carbocycles. The fourth-order valence-corrected chi connectivity index (χ4v) is 4.68. The van der Waals surface area contributed by atoms with Crippen molar-refractivity contribution in [1.82, 2.24) is 14.8 Å². The maximum absolute atomic E-state index is 12.9. The lowest BCUT2D eigenvalue weighted by Crippen LogP contribution is -2.36. The van der Waals surface area contributed by atoms with Gasteiger partial charge in [0.1, 0.15) is 10.8 Å². The Bertz CT molecular complexity index is 998. The lowest BCUT2D eigenvalue weighted by Gasteiger charge is -2.22. The van der Waals surface area contributed by atoms with Crippen LogP contribution in [0.15, 0.2) is 53.9 Å². The molecule has 0 unspecified atom stereocenters. The van der Waals surface area contributed by atoms with Crippen LogP contribution < -0.4 is 4.74 Å². The van der Waals surface area contributed by atoms with Crippen LogP contribution in [0.2, 0.25) is 0 Å². The summed E-state index contributed by atoms with van der Waals surface area (Å²) >= 11 is 1.61. The predicted molar refractivity (Wildman–Crippen MR) is 125 cm³/mol. The highest BCUT2D eigenvalue weighted by atomic mass is 32.1. The third kappa shape index (κ3) is 5.71. The number of aryl methyl sites for hydroxylation is 1. The quantitative estimate of drug-likeness (QED) is 0.576. The molecular formula is C25H29N3O2S. The summed E-state index contributed by atoms with van der Waals surface area (Å²) in [7, 11) is 1.68. The maximum atomic E-state index is 12.9. The largest absolute Gasteiger partial charge is 0.497 e. The average molecular weight is 436 g/mol. The Kier molecular flexibility index (Phi) is 6.99. The Morgan fingerprint density at radius 2 is 1.81 bits per heavy atom. The molecule has 1 saturated heterocycles. The van der Waals surface area contributed by atoms with Gasteiger partial charge < -0.3 is 9.64 Å². The van der Waals surface area contributed by atoms with E-state index in [0.29, 0.717) is 6.42 Å². The zero-order valence-electron chi connectivity index (χ0n) is 18.2. The van der Waals surface area contributed by atoms with Gasteiger partial charge in [-0.05, 0) is 31.0 Å². The Morgan fingerprint density at radius 1 is 1.03 bits per heavy atom. The van der Waals surface area contributed by atoms with Crippen LogP contribution in [-0.4, -0.2) is 54.0 Å². The number of carbonyl (C=O) groups is 1. The second kappa shape index (κ2) is 10.1. The molecule has 6 heteroatoms. The van der Waals surface area contributed by atoms with Crippen molar-refractivity contribution >= 4 is 17.2 Å². The predicted octanol–water partition coefficient (Wildman–Crippen LogP) is 4.40. The zero-order valence-corrected chi connectivity index (χ0v) is 19.0. The van der Waals surface area contributed by atoms with Gasteiger partial charge in [-0.2, -0.15) is 0 Å². The molecule has 2 aromatic carbocycles. The molecule has 4 rings (SSSR count). The SMILES string of the molecule is COc1ccc(CN2CCCN(C(=O)Cc3csc(-c4ccc(C)cc4)n3)CC2)cc1. The smallest absolute Gasteiger partial charge is 0.228 e. The zero-order chi connectivity index (χ0) is 21.6. The van der Waals surface area contributed by atoms with Crippen LogP contribution in [0.5, 0.6) is 5.75 Å². The van der Waals surface area contributed by atoms with Gasteiger partial charge in [0.2, 0.25) is 5.91 Å². The van der Waals surface area contributed by atoms with E-state index in [0.717, 1.165) is 61.2 Å². The molecule has 0 N–H and O–H groups in total. The van der Waals surface area contributed by atoms with E-state index in [1.165, 1.54) is 11.1 Å². The van der Waals surface area contributed by atoms with E-state index in [2.05, 4.69) is 48.2 Å². The van der Waals surface area contributed by atoms with Gasteiger partial charge in [-0.15, -0.1) is 11.3 Å². The molecule has 0 bridgehead atoms. The van der Waals surface area contributed by atoms with E-state index in [-0.39, 0.29) is 5.91 Å². The van der Waals surface area contributed by atoms with Crippen molar-refractivity contribution in [1.29, 1.82) is 0 Å². The Morgan fingerprint density at radius 3 is 2.55 bits per heavy atom. The molecule has 0 aliphatic carbocycles. The van der Waals surface area contributed by atoms with Gasteiger partial charge in [-0.25, -0.2) is 4.98 Å². The minimum atomic E-state index is 0.173. The number of hydrogen-bond acceptors (Lipinski definition) is 5. The number of hydrogen-bond donors (Lipinski definition) is 0. The van der Waals surface area contributed by atoms with Gasteiger partial charge in [0, 0.05) is 43.7 Å². The van der Waals surface area contributed by atoms with Crippen molar-refractivity contribution in [2.24, 2.45) is 0 Å². The summed E-state index contributed by atoms with van der Waals surface area (Å²) in [5.41, 5.74) is 4.48. The summed E-state index contributed by atoms with van der Waals surface area (Å²) in [4.78, 5) is 22.0. The van der Waals surface area contributed by atoms with E-state index < -0.39 is 0 Å². The summed E-state index contributed by atoms with van der Waals surface area (Å²) in [6.07, 6.45) is 1.37. The number of ether oxygens (including phenoxy) is 1. The average Bonchev–Trinajstić information content (AvgIpc) is 3.12. The first-order valence-corrected chi connectivity index (χ1v) is 11.6. The molecule has 5 nitrogen and oxygen atoms in total. The monoisotopic (exact) mass is 435 g/mol. The van der Waals surface area contributed by atoms with Crippen molar-refractivity contribution < 1.29 is 9.53 Å². The van der Waals surface area contributed by atoms with Gasteiger partial charge in [-0.3, -0.25) is 9.69 Å². The van der Waals surface area contributed by atoms with Crippen molar-refractivity contribution in [3.8, 4) is 16.3 Å². The molecule has 1 amide bonds. The summed E-state index contributed by atoms with van der Waals surface area (Å²) in [5, 5.41) is 2.99. The molecule has 1 aliphatic heterocycles. The van der Waals surface area contributed by atoms with Crippen LogP contribution in [0.25, 0.3) is 10.6 Å². The molecule has 1 aliphatic rings. The highest BCUT2D eigenvalue weighted by Gasteiger charge is 2.20. The highest BCUT2D eigenvalue weighted by molar-refractivity contribution is 7.13. The lowest BCUT2D eigenvalue weighted by molar-refractivity contribution is -0.130. The normalized spacial score (nSPS) is 15.0. The molecule has 1 aromatic heterocycles. The lowest BCUT2D eigenvalue weighted by atomic mass is 10.2. The third-order valence-corrected chi connectivity index (χ3v) is 6.63. The van der Waals surface area contributed by atoms with Crippen LogP contribution in [0, 0.1) is 6.92 Å². The second-order valence-corrected chi connectivity index (χ2v) is 8.90. The van der Waals surface area contributed by atoms with Gasteiger partial charge in [0.15, 0.2) is 0 Å². The topological polar surface area (TPSA) is 45.7 Å². The summed E-state index contributed by atoms with van der Waals surface area (Å²) in [6.45, 7) is 6.46. The van der Waals surface area contributed by atoms with Crippen molar-refractivity contribution in [2.75, 3.05) is 33.3 Å². The van der Waals surface area contributed by atoms with Crippen molar-refractivity contribution in [3.05, 3.63) is 70.7 Å². The fourth-order valence-electron chi connectivity index (χ4n) is 3.85. The summed E-state index contributed by atoms with van der Waals surface area (Å²) in [5.74, 6) is 1.05. The number of amides is 1. The summed E-state index contributed by atoms with van der Waals surface area (Å²) < 4.78 is 5.24. The first-order valence-electron chi connectivity index (χ1n) is 10.8. The molecule has 162 valence electrons. The van der Waals surface area contributed by atoms with Crippen LogP contribution in [-0.2, 0) is 17.8 Å². The number of carbonyl (C=O) groups excluding carboxylic acids is 1. The third-order valence-electron chi connectivity index (χ3n) is 5.69. The molecule has 0 radical (unpaired) electrons. The molecule has 0 spiro atoms. The van der Waals surface area contributed by atoms with Crippen LogP contribution in [0.1, 0.15) is 23.2 Å². The first-order chi connectivity index (χ1) is 15.1. The van der Waals surface area contributed by atoms with Crippen LogP contribution in [0.3, 0.4) is 0 Å². The van der Waals surface area contributed by atoms with Crippen molar-refractivity contribution in [2.45, 2.75) is 26.3 Å². The number of rotatable bonds is 6. The summed E-state index contributed by atoms with van der Waals surface area (Å²) in [6, 6.07) is 16.6. The number of methoxy groups -OCH3 is 1. The number of thiazole rings is 1. The molecule has 2 heterocycles. The Labute approximate surface area is 188 Å². The van der Waals surface area contributed by atoms with E-state index in [4.69, 9.17) is 9.72 Å². The van der Waals surface area contributed by atoms with E-state index in [1.807, 2.05) is 22.4 Å².